The minimum atomic E-state index is -0.780. The summed E-state index contributed by atoms with van der Waals surface area (Å²) in [5.74, 6) is 0. The third-order valence-electron chi connectivity index (χ3n) is 1.51. The highest BCUT2D eigenvalue weighted by Gasteiger charge is 2.10. The van der Waals surface area contributed by atoms with Crippen LogP contribution >= 0.6 is 0 Å². The van der Waals surface area contributed by atoms with Gasteiger partial charge in [-0.1, -0.05) is 6.07 Å². The minimum absolute atomic E-state index is 0.0216. The first-order valence-electron chi connectivity index (χ1n) is 3.53. The number of nitrogens with one attached hydrogen (secondary N) is 1. The Morgan fingerprint density at radius 2 is 2.07 bits per heavy atom. The largest absolute Gasteiger partial charge is 0.235 e. The summed E-state index contributed by atoms with van der Waals surface area (Å²) in [6, 6.07) is 7.75. The average molecular weight is 188 g/mol. The van der Waals surface area contributed by atoms with E-state index in [1.165, 1.54) is 18.2 Å². The van der Waals surface area contributed by atoms with Crippen molar-refractivity contribution in [3.8, 4) is 12.1 Å². The Morgan fingerprint density at radius 3 is 2.57 bits per heavy atom. The van der Waals surface area contributed by atoms with Gasteiger partial charge >= 0.3 is 0 Å². The lowest BCUT2D eigenvalue weighted by molar-refractivity contribution is -0.445. The van der Waals surface area contributed by atoms with Crippen molar-refractivity contribution in [1.82, 2.24) is 0 Å². The fourth-order valence-electron chi connectivity index (χ4n) is 0.957. The molecule has 0 spiro atoms. The van der Waals surface area contributed by atoms with Gasteiger partial charge in [0.25, 0.3) is 0 Å². The lowest BCUT2D eigenvalue weighted by Crippen LogP contribution is -2.09. The molecule has 0 aliphatic rings. The monoisotopic (exact) mass is 188 g/mol. The van der Waals surface area contributed by atoms with E-state index < -0.39 is 5.03 Å². The molecule has 6 nitrogen and oxygen atoms in total. The van der Waals surface area contributed by atoms with Crippen molar-refractivity contribution in [3.05, 3.63) is 39.4 Å². The van der Waals surface area contributed by atoms with Gasteiger partial charge < -0.3 is 0 Å². The van der Waals surface area contributed by atoms with Crippen LogP contribution in [-0.2, 0) is 0 Å². The predicted octanol–water partition coefficient (Wildman–Crippen LogP) is 1.03. The third-order valence-corrected chi connectivity index (χ3v) is 1.51. The fraction of sp³-hybridized carbons (Fsp3) is 0. The second-order valence-electron chi connectivity index (χ2n) is 2.32. The summed E-state index contributed by atoms with van der Waals surface area (Å²) in [5.41, 5.74) is 1.96. The van der Waals surface area contributed by atoms with Crippen molar-refractivity contribution in [3.63, 3.8) is 0 Å². The molecule has 1 rings (SSSR count). The van der Waals surface area contributed by atoms with E-state index >= 15 is 0 Å². The van der Waals surface area contributed by atoms with Gasteiger partial charge in [-0.05, 0) is 12.1 Å². The molecule has 0 radical (unpaired) electrons. The highest BCUT2D eigenvalue weighted by molar-refractivity contribution is 5.62. The second kappa shape index (κ2) is 3.87. The summed E-state index contributed by atoms with van der Waals surface area (Å²) >= 11 is 0. The Morgan fingerprint density at radius 1 is 1.36 bits per heavy atom. The maximum absolute atomic E-state index is 10.1. The van der Waals surface area contributed by atoms with Crippen LogP contribution in [0.2, 0.25) is 0 Å². The van der Waals surface area contributed by atoms with Crippen LogP contribution in [0, 0.1) is 32.8 Å². The Labute approximate surface area is 79.1 Å². The van der Waals surface area contributed by atoms with Gasteiger partial charge in [0.2, 0.25) is 0 Å². The van der Waals surface area contributed by atoms with Crippen molar-refractivity contribution >= 4 is 5.69 Å². The molecule has 68 valence electrons. The topological polar surface area (TPSA) is 103 Å². The Balaban J connectivity index is 3.25. The molecular weight excluding hydrogens is 184 g/mol. The molecule has 14 heavy (non-hydrogen) atoms. The lowest BCUT2D eigenvalue weighted by Gasteiger charge is -2.00. The molecule has 0 saturated carbocycles. The number of nitrogens with zero attached hydrogens (tertiary/aromatic N) is 3. The summed E-state index contributed by atoms with van der Waals surface area (Å²) in [7, 11) is 0. The van der Waals surface area contributed by atoms with Crippen molar-refractivity contribution in [1.29, 1.82) is 10.5 Å². The summed E-state index contributed by atoms with van der Waals surface area (Å²) in [4.78, 5) is 10.1. The van der Waals surface area contributed by atoms with Crippen LogP contribution in [0.5, 0.6) is 0 Å². The van der Waals surface area contributed by atoms with Gasteiger partial charge in [-0.15, -0.1) is 5.43 Å². The van der Waals surface area contributed by atoms with E-state index in [1.54, 1.807) is 12.1 Å². The van der Waals surface area contributed by atoms with Gasteiger partial charge in [0.15, 0.2) is 5.03 Å². The van der Waals surface area contributed by atoms with Gasteiger partial charge in [-0.25, -0.2) is 10.1 Å². The zero-order valence-corrected chi connectivity index (χ0v) is 6.89. The molecule has 0 atom stereocenters. The lowest BCUT2D eigenvalue weighted by atomic mass is 10.1. The van der Waals surface area contributed by atoms with E-state index in [-0.39, 0.29) is 16.8 Å². The van der Waals surface area contributed by atoms with E-state index in [0.717, 1.165) is 0 Å². The van der Waals surface area contributed by atoms with Crippen molar-refractivity contribution < 1.29 is 5.03 Å². The first-order chi connectivity index (χ1) is 6.69. The zero-order valence-electron chi connectivity index (χ0n) is 6.89. The third kappa shape index (κ3) is 1.76. The maximum Gasteiger partial charge on any atom is 0.162 e. The van der Waals surface area contributed by atoms with Gasteiger partial charge in [-0.3, -0.25) is 0 Å². The predicted molar refractivity (Wildman–Crippen MR) is 46.5 cm³/mol. The second-order valence-corrected chi connectivity index (χ2v) is 2.32. The molecule has 0 bridgehead atoms. The molecule has 0 unspecified atom stereocenters. The average Bonchev–Trinajstić information content (AvgIpc) is 2.16. The maximum atomic E-state index is 10.1. The van der Waals surface area contributed by atoms with E-state index in [2.05, 4.69) is 0 Å². The Hall–Kier alpha value is -2.60. The SMILES string of the molecule is N#Cc1cccc(N[N+](=O)[O-])c1C#N. The highest BCUT2D eigenvalue weighted by Crippen LogP contribution is 2.17. The molecule has 0 heterocycles. The zero-order chi connectivity index (χ0) is 10.6. The quantitative estimate of drug-likeness (QED) is 0.551. The molecule has 0 saturated heterocycles. The van der Waals surface area contributed by atoms with Crippen LogP contribution in [0.4, 0.5) is 5.69 Å². The van der Waals surface area contributed by atoms with Crippen LogP contribution in [0.15, 0.2) is 18.2 Å². The van der Waals surface area contributed by atoms with Crippen molar-refractivity contribution in [2.45, 2.75) is 0 Å². The minimum Gasteiger partial charge on any atom is -0.235 e. The summed E-state index contributed by atoms with van der Waals surface area (Å²) in [6.45, 7) is 0. The fourth-order valence-corrected chi connectivity index (χ4v) is 0.957. The first-order valence-corrected chi connectivity index (χ1v) is 3.53. The van der Waals surface area contributed by atoms with Crippen LogP contribution in [-0.4, -0.2) is 5.03 Å². The first kappa shape index (κ1) is 9.49. The van der Waals surface area contributed by atoms with Crippen LogP contribution < -0.4 is 5.43 Å². The Kier molecular flexibility index (Phi) is 2.63. The summed E-state index contributed by atoms with van der Waals surface area (Å²) in [5, 5.41) is 26.6. The molecular formula is C8H4N4O2. The smallest absolute Gasteiger partial charge is 0.162 e. The summed E-state index contributed by atoms with van der Waals surface area (Å²) in [6.07, 6.45) is 0. The molecule has 0 aliphatic heterocycles. The van der Waals surface area contributed by atoms with Gasteiger partial charge in [0.1, 0.15) is 17.8 Å². The molecule has 1 aromatic rings. The van der Waals surface area contributed by atoms with E-state index in [9.17, 15) is 10.1 Å². The van der Waals surface area contributed by atoms with E-state index in [4.69, 9.17) is 10.5 Å². The number of rotatable bonds is 2. The van der Waals surface area contributed by atoms with E-state index in [1.807, 2.05) is 5.43 Å². The molecule has 6 heteroatoms. The van der Waals surface area contributed by atoms with Crippen molar-refractivity contribution in [2.24, 2.45) is 0 Å². The van der Waals surface area contributed by atoms with E-state index in [0.29, 0.717) is 0 Å². The Bertz CT molecular complexity index is 455. The molecule has 1 aromatic carbocycles. The number of nitro groups is 1. The number of benzene rings is 1. The number of nitriles is 2. The van der Waals surface area contributed by atoms with Crippen LogP contribution in [0.1, 0.15) is 11.1 Å². The van der Waals surface area contributed by atoms with Gasteiger partial charge in [-0.2, -0.15) is 10.5 Å². The van der Waals surface area contributed by atoms with Crippen LogP contribution in [0.3, 0.4) is 0 Å². The molecule has 0 fully saturated rings. The van der Waals surface area contributed by atoms with Crippen LogP contribution in [0.25, 0.3) is 0 Å². The van der Waals surface area contributed by atoms with Crippen molar-refractivity contribution in [2.75, 3.05) is 5.43 Å². The highest BCUT2D eigenvalue weighted by atomic mass is 16.7. The number of anilines is 1. The molecule has 1 N–H and O–H groups in total. The molecule has 0 amide bonds. The van der Waals surface area contributed by atoms with Gasteiger partial charge in [0.05, 0.1) is 11.1 Å². The number of hydrogen-bond donors (Lipinski definition) is 1. The standard InChI is InChI=1S/C8H4N4O2/c9-4-6-2-1-3-8(7(6)5-10)11-12(13)14/h1-3,11H. The summed E-state index contributed by atoms with van der Waals surface area (Å²) < 4.78 is 0. The number of hydrazine groups is 1. The molecule has 0 aliphatic carbocycles. The molecule has 0 aromatic heterocycles. The van der Waals surface area contributed by atoms with Gasteiger partial charge in [0, 0.05) is 0 Å². The number of hydrogen-bond acceptors (Lipinski definition) is 4. The normalized spacial score (nSPS) is 8.43.